The lowest BCUT2D eigenvalue weighted by Crippen LogP contribution is -2.38. The minimum absolute atomic E-state index is 0. The Labute approximate surface area is 153 Å². The molecule has 0 radical (unpaired) electrons. The average molecular weight is 353 g/mol. The third-order valence-corrected chi connectivity index (χ3v) is 5.02. The van der Waals surface area contributed by atoms with Crippen molar-refractivity contribution in [3.63, 3.8) is 0 Å². The molecule has 1 heterocycles. The molecule has 1 aromatic carbocycles. The van der Waals surface area contributed by atoms with Gasteiger partial charge in [0.05, 0.1) is 0 Å². The van der Waals surface area contributed by atoms with Gasteiger partial charge in [-0.15, -0.1) is 12.4 Å². The quantitative estimate of drug-likeness (QED) is 0.743. The average Bonchev–Trinajstić information content (AvgIpc) is 2.56. The van der Waals surface area contributed by atoms with E-state index in [1.165, 1.54) is 18.4 Å². The number of halogens is 1. The topological polar surface area (TPSA) is 41.1 Å². The van der Waals surface area contributed by atoms with Crippen molar-refractivity contribution in [2.75, 3.05) is 13.1 Å². The van der Waals surface area contributed by atoms with Gasteiger partial charge in [0.25, 0.3) is 0 Å². The van der Waals surface area contributed by atoms with Crippen LogP contribution >= 0.6 is 12.4 Å². The molecule has 0 aromatic heterocycles. The fourth-order valence-electron chi connectivity index (χ4n) is 3.63. The molecule has 2 unspecified atom stereocenters. The Hall–Kier alpha value is -1.06. The van der Waals surface area contributed by atoms with Crippen molar-refractivity contribution >= 4 is 18.3 Å². The van der Waals surface area contributed by atoms with Crippen LogP contribution in [0.25, 0.3) is 0 Å². The normalized spacial score (nSPS) is 17.6. The monoisotopic (exact) mass is 352 g/mol. The molecule has 136 valence electrons. The summed E-state index contributed by atoms with van der Waals surface area (Å²) in [5, 5.41) is 6.68. The zero-order valence-corrected chi connectivity index (χ0v) is 15.9. The summed E-state index contributed by atoms with van der Waals surface area (Å²) in [5.74, 6) is 1.40. The number of rotatable bonds is 8. The summed E-state index contributed by atoms with van der Waals surface area (Å²) in [5.41, 5.74) is 1.30. The molecule has 2 N–H and O–H groups in total. The molecule has 0 saturated carbocycles. The van der Waals surface area contributed by atoms with E-state index in [4.69, 9.17) is 0 Å². The number of amides is 1. The summed E-state index contributed by atoms with van der Waals surface area (Å²) in [6.07, 6.45) is 6.15. The summed E-state index contributed by atoms with van der Waals surface area (Å²) in [4.78, 5) is 12.4. The standard InChI is InChI=1S/C20H32N2O.ClH/c1-3-7-19(15-17-8-5-4-6-9-17)22-20(23)14-16(2)18-10-12-21-13-11-18;/h4-6,8-9,16,18-19,21H,3,7,10-15H2,1-2H3,(H,22,23);1H. The van der Waals surface area contributed by atoms with Crippen LogP contribution in [-0.2, 0) is 11.2 Å². The van der Waals surface area contributed by atoms with Crippen LogP contribution in [0.1, 0.15) is 51.5 Å². The minimum Gasteiger partial charge on any atom is -0.353 e. The van der Waals surface area contributed by atoms with E-state index in [2.05, 4.69) is 48.7 Å². The number of nitrogens with one attached hydrogen (secondary N) is 2. The Morgan fingerprint density at radius 3 is 2.54 bits per heavy atom. The molecule has 2 atom stereocenters. The molecule has 0 aliphatic carbocycles. The molecule has 1 fully saturated rings. The second kappa shape index (κ2) is 11.5. The first-order valence-corrected chi connectivity index (χ1v) is 9.23. The summed E-state index contributed by atoms with van der Waals surface area (Å²) >= 11 is 0. The number of benzene rings is 1. The Balaban J connectivity index is 0.00000288. The van der Waals surface area contributed by atoms with E-state index in [0.29, 0.717) is 18.3 Å². The van der Waals surface area contributed by atoms with E-state index >= 15 is 0 Å². The highest BCUT2D eigenvalue weighted by Crippen LogP contribution is 2.24. The molecular weight excluding hydrogens is 320 g/mol. The lowest BCUT2D eigenvalue weighted by atomic mass is 9.84. The molecule has 1 aromatic rings. The molecule has 1 aliphatic heterocycles. The number of hydrogen-bond acceptors (Lipinski definition) is 2. The molecule has 3 nitrogen and oxygen atoms in total. The molecule has 1 aliphatic rings. The Bertz CT molecular complexity index is 460. The lowest BCUT2D eigenvalue weighted by molar-refractivity contribution is -0.123. The van der Waals surface area contributed by atoms with Gasteiger partial charge in [0.15, 0.2) is 0 Å². The predicted octanol–water partition coefficient (Wildman–Crippen LogP) is 3.96. The van der Waals surface area contributed by atoms with Gasteiger partial charge in [-0.2, -0.15) is 0 Å². The summed E-state index contributed by atoms with van der Waals surface area (Å²) in [7, 11) is 0. The van der Waals surface area contributed by atoms with Gasteiger partial charge in [0.1, 0.15) is 0 Å². The number of carbonyl (C=O) groups is 1. The van der Waals surface area contributed by atoms with E-state index in [0.717, 1.165) is 32.4 Å². The van der Waals surface area contributed by atoms with Crippen molar-refractivity contribution in [3.8, 4) is 0 Å². The van der Waals surface area contributed by atoms with Crippen molar-refractivity contribution in [2.24, 2.45) is 11.8 Å². The van der Waals surface area contributed by atoms with Crippen LogP contribution < -0.4 is 10.6 Å². The molecular formula is C20H33ClN2O. The lowest BCUT2D eigenvalue weighted by Gasteiger charge is -2.28. The molecule has 1 amide bonds. The highest BCUT2D eigenvalue weighted by molar-refractivity contribution is 5.85. The minimum atomic E-state index is 0. The van der Waals surface area contributed by atoms with Gasteiger partial charge in [0, 0.05) is 12.5 Å². The van der Waals surface area contributed by atoms with Crippen molar-refractivity contribution in [3.05, 3.63) is 35.9 Å². The van der Waals surface area contributed by atoms with Crippen molar-refractivity contribution < 1.29 is 4.79 Å². The highest BCUT2D eigenvalue weighted by Gasteiger charge is 2.23. The van der Waals surface area contributed by atoms with E-state index < -0.39 is 0 Å². The van der Waals surface area contributed by atoms with Gasteiger partial charge >= 0.3 is 0 Å². The zero-order valence-electron chi connectivity index (χ0n) is 15.1. The smallest absolute Gasteiger partial charge is 0.220 e. The van der Waals surface area contributed by atoms with Gasteiger partial charge in [-0.3, -0.25) is 4.79 Å². The third kappa shape index (κ3) is 7.23. The fourth-order valence-corrected chi connectivity index (χ4v) is 3.63. The van der Waals surface area contributed by atoms with Crippen LogP contribution in [0.15, 0.2) is 30.3 Å². The van der Waals surface area contributed by atoms with Gasteiger partial charge in [-0.25, -0.2) is 0 Å². The van der Waals surface area contributed by atoms with Gasteiger partial charge in [-0.05, 0) is 56.2 Å². The second-order valence-electron chi connectivity index (χ2n) is 7.01. The van der Waals surface area contributed by atoms with Crippen LogP contribution in [0.3, 0.4) is 0 Å². The van der Waals surface area contributed by atoms with Crippen LogP contribution in [0.4, 0.5) is 0 Å². The molecule has 0 bridgehead atoms. The fraction of sp³-hybridized carbons (Fsp3) is 0.650. The summed E-state index contributed by atoms with van der Waals surface area (Å²) in [6.45, 7) is 6.62. The Kier molecular flexibility index (Phi) is 10.0. The maximum absolute atomic E-state index is 12.4. The molecule has 1 saturated heterocycles. The molecule has 24 heavy (non-hydrogen) atoms. The predicted molar refractivity (Wildman–Crippen MR) is 104 cm³/mol. The van der Waals surface area contributed by atoms with Crippen LogP contribution in [0.5, 0.6) is 0 Å². The van der Waals surface area contributed by atoms with Crippen LogP contribution in [-0.4, -0.2) is 25.0 Å². The third-order valence-electron chi connectivity index (χ3n) is 5.02. The van der Waals surface area contributed by atoms with Gasteiger partial charge in [-0.1, -0.05) is 50.6 Å². The van der Waals surface area contributed by atoms with Crippen molar-refractivity contribution in [1.29, 1.82) is 0 Å². The van der Waals surface area contributed by atoms with Crippen LogP contribution in [0.2, 0.25) is 0 Å². The molecule has 4 heteroatoms. The number of hydrogen-bond donors (Lipinski definition) is 2. The van der Waals surface area contributed by atoms with E-state index in [9.17, 15) is 4.79 Å². The van der Waals surface area contributed by atoms with Gasteiger partial charge < -0.3 is 10.6 Å². The molecule has 0 spiro atoms. The summed E-state index contributed by atoms with van der Waals surface area (Å²) in [6, 6.07) is 10.7. The second-order valence-corrected chi connectivity index (χ2v) is 7.01. The first-order chi connectivity index (χ1) is 11.2. The Morgan fingerprint density at radius 1 is 1.25 bits per heavy atom. The zero-order chi connectivity index (χ0) is 16.5. The van der Waals surface area contributed by atoms with Crippen molar-refractivity contribution in [2.45, 2.75) is 58.4 Å². The SMILES string of the molecule is CCCC(Cc1ccccc1)NC(=O)CC(C)C1CCNCC1.Cl. The highest BCUT2D eigenvalue weighted by atomic mass is 35.5. The first-order valence-electron chi connectivity index (χ1n) is 9.23. The largest absolute Gasteiger partial charge is 0.353 e. The maximum atomic E-state index is 12.4. The summed E-state index contributed by atoms with van der Waals surface area (Å²) < 4.78 is 0. The Morgan fingerprint density at radius 2 is 1.92 bits per heavy atom. The molecule has 2 rings (SSSR count). The van der Waals surface area contributed by atoms with Crippen LogP contribution in [0, 0.1) is 11.8 Å². The van der Waals surface area contributed by atoms with E-state index in [1.807, 2.05) is 6.07 Å². The maximum Gasteiger partial charge on any atom is 0.220 e. The van der Waals surface area contributed by atoms with Gasteiger partial charge in [0.2, 0.25) is 5.91 Å². The first kappa shape index (κ1) is 21.0. The number of piperidine rings is 1. The van der Waals surface area contributed by atoms with Crippen molar-refractivity contribution in [1.82, 2.24) is 10.6 Å². The van der Waals surface area contributed by atoms with E-state index in [1.54, 1.807) is 0 Å². The van der Waals surface area contributed by atoms with E-state index in [-0.39, 0.29) is 24.4 Å². The number of carbonyl (C=O) groups excluding carboxylic acids is 1.